The van der Waals surface area contributed by atoms with Gasteiger partial charge in [-0.1, -0.05) is 0 Å². The van der Waals surface area contributed by atoms with Gasteiger partial charge in [0.2, 0.25) is 11.5 Å². The lowest BCUT2D eigenvalue weighted by atomic mass is 10.1. The summed E-state index contributed by atoms with van der Waals surface area (Å²) in [7, 11) is -9.44. The van der Waals surface area contributed by atoms with Gasteiger partial charge in [0.25, 0.3) is 10.0 Å². The van der Waals surface area contributed by atoms with Crippen LogP contribution < -0.4 is 30.6 Å². The van der Waals surface area contributed by atoms with Gasteiger partial charge in [-0.25, -0.2) is 21.9 Å². The number of hydrogen-bond donors (Lipinski definition) is 4. The van der Waals surface area contributed by atoms with Gasteiger partial charge in [0.05, 0.1) is 24.2 Å². The van der Waals surface area contributed by atoms with Gasteiger partial charge in [0, 0.05) is 5.39 Å². The molecule has 0 aliphatic rings. The molecule has 0 amide bonds. The summed E-state index contributed by atoms with van der Waals surface area (Å²) < 4.78 is 77.9. The molecule has 6 N–H and O–H groups in total. The number of fused-ring (bicyclic) bond motifs is 1. The van der Waals surface area contributed by atoms with Crippen molar-refractivity contribution in [2.24, 2.45) is 11.5 Å². The lowest BCUT2D eigenvalue weighted by Crippen LogP contribution is -2.27. The number of aryl methyl sites for hydroxylation is 1. The van der Waals surface area contributed by atoms with E-state index in [1.807, 2.05) is 0 Å². The Labute approximate surface area is 183 Å². The number of ether oxygens (including phenoxy) is 2. The average Bonchev–Trinajstić information content (AvgIpc) is 3.04. The van der Waals surface area contributed by atoms with E-state index in [0.717, 1.165) is 0 Å². The molecule has 0 aliphatic carbocycles. The molecule has 2 rings (SSSR count). The summed E-state index contributed by atoms with van der Waals surface area (Å²) in [5.41, 5.74) is 10.6. The first kappa shape index (κ1) is 25.9. The molecule has 31 heavy (non-hydrogen) atoms. The number of sulfonamides is 1. The van der Waals surface area contributed by atoms with Crippen molar-refractivity contribution in [3.05, 3.63) is 17.2 Å². The number of halogens is 2. The van der Waals surface area contributed by atoms with Gasteiger partial charge in [-0.3, -0.25) is 0 Å². The predicted molar refractivity (Wildman–Crippen MR) is 111 cm³/mol. The molecule has 2 aromatic rings. The minimum absolute atomic E-state index is 0. The van der Waals surface area contributed by atoms with Crippen molar-refractivity contribution in [3.63, 3.8) is 0 Å². The second-order valence-electron chi connectivity index (χ2n) is 6.43. The minimum Gasteiger partial charge on any atom is -0.778 e. The van der Waals surface area contributed by atoms with Crippen LogP contribution in [0.5, 0.6) is 11.5 Å². The zero-order valence-electron chi connectivity index (χ0n) is 17.5. The Hall–Kier alpha value is -1.38. The van der Waals surface area contributed by atoms with E-state index in [0.29, 0.717) is 24.2 Å². The maximum absolute atomic E-state index is 15.3. The number of benzene rings is 1. The molecule has 15 heteroatoms. The monoisotopic (exact) mass is 503 g/mol. The van der Waals surface area contributed by atoms with E-state index in [1.165, 1.54) is 6.92 Å². The summed E-state index contributed by atoms with van der Waals surface area (Å²) in [6, 6.07) is 0. The molecule has 1 aromatic heterocycles. The third-order valence-corrected chi connectivity index (χ3v) is 8.09. The molecule has 0 radical (unpaired) electrons. The smallest absolute Gasteiger partial charge is 0.778 e. The molecule has 0 spiro atoms. The second-order valence-corrected chi connectivity index (χ2v) is 11.0. The predicted octanol–water partition coefficient (Wildman–Crippen LogP) is 0.837. The maximum Gasteiger partial charge on any atom is 1.00 e. The Balaban J connectivity index is 0.00000512. The van der Waals surface area contributed by atoms with E-state index in [-0.39, 0.29) is 43.4 Å². The number of nitrogens with two attached hydrogens (primary N) is 2. The molecule has 1 aromatic carbocycles. The fourth-order valence-corrected chi connectivity index (χ4v) is 6.39. The normalized spacial score (nSPS) is 14.0. The van der Waals surface area contributed by atoms with E-state index in [1.54, 1.807) is 4.72 Å². The zero-order valence-corrected chi connectivity index (χ0v) is 19.0. The molecular weight excluding hydrogens is 479 g/mol. The second kappa shape index (κ2) is 10.5. The Kier molecular flexibility index (Phi) is 8.76. The Morgan fingerprint density at radius 2 is 1.68 bits per heavy atom. The molecule has 1 heterocycles. The molecule has 1 unspecified atom stereocenters. The van der Waals surface area contributed by atoms with Crippen molar-refractivity contribution in [2.75, 3.05) is 32.6 Å². The molecule has 0 saturated heterocycles. The van der Waals surface area contributed by atoms with Crippen LogP contribution >= 0.6 is 18.9 Å². The average molecular weight is 503 g/mol. The SMILES string of the molecule is Cc1c(S(=O)(=O)NCP(=O)([O-])O)sc2c(F)c(OCCCN)c(OCCCN)c(F)c12.[H+]. The van der Waals surface area contributed by atoms with Crippen LogP contribution in [0.1, 0.15) is 19.8 Å². The van der Waals surface area contributed by atoms with E-state index in [2.05, 4.69) is 0 Å². The molecular formula is C16H24F2N3O7PS2. The van der Waals surface area contributed by atoms with Crippen LogP contribution in [0.3, 0.4) is 0 Å². The van der Waals surface area contributed by atoms with Gasteiger partial charge in [-0.2, -0.15) is 0 Å². The molecule has 1 atom stereocenters. The summed E-state index contributed by atoms with van der Waals surface area (Å²) in [4.78, 5) is 19.7. The number of rotatable bonds is 12. The van der Waals surface area contributed by atoms with Crippen molar-refractivity contribution in [3.8, 4) is 11.5 Å². The van der Waals surface area contributed by atoms with Gasteiger partial charge < -0.3 is 35.3 Å². The zero-order chi connectivity index (χ0) is 23.4. The molecule has 0 fully saturated rings. The van der Waals surface area contributed by atoms with Gasteiger partial charge >= 0.3 is 1.43 Å². The Morgan fingerprint density at radius 1 is 1.16 bits per heavy atom. The largest absolute Gasteiger partial charge is 1.00 e. The summed E-state index contributed by atoms with van der Waals surface area (Å²) >= 11 is 0.394. The highest BCUT2D eigenvalue weighted by Crippen LogP contribution is 2.46. The van der Waals surface area contributed by atoms with Crippen LogP contribution in [-0.2, 0) is 14.6 Å². The first-order valence-electron chi connectivity index (χ1n) is 9.06. The van der Waals surface area contributed by atoms with Crippen molar-refractivity contribution in [2.45, 2.75) is 24.0 Å². The van der Waals surface area contributed by atoms with Crippen LogP contribution in [0.2, 0.25) is 0 Å². The standard InChI is InChI=1S/C16H24F2N3O7PS2/c1-9-10-11(17)13(27-6-2-4-19)14(28-7-3-5-20)12(18)15(10)30-16(9)31(25,26)21-8-29(22,23)24/h21H,2-8,19-20H2,1H3,(H2,22,23,24). The van der Waals surface area contributed by atoms with Gasteiger partial charge in [0.15, 0.2) is 11.6 Å². The van der Waals surface area contributed by atoms with Crippen molar-refractivity contribution < 1.29 is 42.5 Å². The van der Waals surface area contributed by atoms with Crippen molar-refractivity contribution >= 4 is 39.0 Å². The first-order chi connectivity index (χ1) is 14.4. The lowest BCUT2D eigenvalue weighted by molar-refractivity contribution is -0.193. The van der Waals surface area contributed by atoms with Crippen LogP contribution in [-0.4, -0.2) is 45.9 Å². The third-order valence-electron chi connectivity index (χ3n) is 4.01. The maximum atomic E-state index is 15.3. The van der Waals surface area contributed by atoms with Crippen LogP contribution in [0.4, 0.5) is 8.78 Å². The number of thiophene rings is 1. The highest BCUT2D eigenvalue weighted by molar-refractivity contribution is 7.92. The molecule has 176 valence electrons. The summed E-state index contributed by atoms with van der Waals surface area (Å²) in [5.74, 6) is -3.09. The van der Waals surface area contributed by atoms with E-state index in [9.17, 15) is 17.9 Å². The topological polar surface area (TPSA) is 177 Å². The minimum atomic E-state index is -4.94. The Morgan fingerprint density at radius 3 is 2.16 bits per heavy atom. The van der Waals surface area contributed by atoms with E-state index >= 15 is 8.78 Å². The van der Waals surface area contributed by atoms with Gasteiger partial charge in [-0.05, 0) is 38.4 Å². The summed E-state index contributed by atoms with van der Waals surface area (Å²) in [6.45, 7) is 1.67. The molecule has 0 aliphatic heterocycles. The molecule has 0 saturated carbocycles. The lowest BCUT2D eigenvalue weighted by Gasteiger charge is -2.16. The quantitative estimate of drug-likeness (QED) is 0.241. The fraction of sp³-hybridized carbons (Fsp3) is 0.500. The number of hydrogen-bond acceptors (Lipinski definition) is 9. The van der Waals surface area contributed by atoms with Crippen molar-refractivity contribution in [1.29, 1.82) is 0 Å². The molecule has 0 bridgehead atoms. The third kappa shape index (κ3) is 6.11. The van der Waals surface area contributed by atoms with E-state index in [4.69, 9.17) is 25.8 Å². The van der Waals surface area contributed by atoms with Crippen LogP contribution in [0.15, 0.2) is 4.21 Å². The van der Waals surface area contributed by atoms with Gasteiger partial charge in [0.1, 0.15) is 11.8 Å². The van der Waals surface area contributed by atoms with Crippen molar-refractivity contribution in [1.82, 2.24) is 4.72 Å². The van der Waals surface area contributed by atoms with E-state index < -0.39 is 51.2 Å². The van der Waals surface area contributed by atoms with Crippen LogP contribution in [0.25, 0.3) is 10.1 Å². The van der Waals surface area contributed by atoms with Crippen LogP contribution in [0, 0.1) is 18.6 Å². The first-order valence-corrected chi connectivity index (χ1v) is 13.1. The van der Waals surface area contributed by atoms with Gasteiger partial charge in [-0.15, -0.1) is 11.3 Å². The molecule has 10 nitrogen and oxygen atoms in total. The summed E-state index contributed by atoms with van der Waals surface area (Å²) in [6.07, 6.45) is -0.566. The highest BCUT2D eigenvalue weighted by atomic mass is 32.2. The number of nitrogens with one attached hydrogen (secondary N) is 1. The Bertz CT molecular complexity index is 1100. The fourth-order valence-electron chi connectivity index (χ4n) is 2.59. The highest BCUT2D eigenvalue weighted by Gasteiger charge is 2.31. The summed E-state index contributed by atoms with van der Waals surface area (Å²) in [5, 5.41) is -0.342.